The number of hydrogen-bond donors (Lipinski definition) is 0. The zero-order chi connectivity index (χ0) is 31.1. The van der Waals surface area contributed by atoms with Crippen molar-refractivity contribution in [1.29, 1.82) is 0 Å². The van der Waals surface area contributed by atoms with Gasteiger partial charge in [0.15, 0.2) is 0 Å². The van der Waals surface area contributed by atoms with Crippen LogP contribution in [0.4, 0.5) is 0 Å². The Bertz CT molecular complexity index is 1680. The lowest BCUT2D eigenvalue weighted by Gasteiger charge is -2.44. The van der Waals surface area contributed by atoms with Crippen LogP contribution < -0.4 is 0 Å². The quantitative estimate of drug-likeness (QED) is 0.0979. The molecular weight excluding hydrogens is 528 g/mol. The van der Waals surface area contributed by atoms with Crippen LogP contribution >= 0.6 is 0 Å². The number of hydrogen-bond acceptors (Lipinski definition) is 0. The van der Waals surface area contributed by atoms with Gasteiger partial charge in [-0.15, -0.1) is 6.58 Å². The van der Waals surface area contributed by atoms with Crippen molar-refractivity contribution in [3.8, 4) is 11.1 Å². The summed E-state index contributed by atoms with van der Waals surface area (Å²) in [4.78, 5) is 0. The van der Waals surface area contributed by atoms with Crippen LogP contribution in [0.25, 0.3) is 11.1 Å². The Morgan fingerprint density at radius 1 is 0.727 bits per heavy atom. The van der Waals surface area contributed by atoms with Crippen molar-refractivity contribution in [1.82, 2.24) is 0 Å². The molecule has 0 bridgehead atoms. The number of rotatable bonds is 8. The summed E-state index contributed by atoms with van der Waals surface area (Å²) in [6.07, 6.45) is 13.7. The molecule has 224 valence electrons. The lowest BCUT2D eigenvalue weighted by Crippen LogP contribution is -2.39. The van der Waals surface area contributed by atoms with Gasteiger partial charge in [0.1, 0.15) is 0 Å². The summed E-state index contributed by atoms with van der Waals surface area (Å²) in [6.45, 7) is 18.1. The maximum Gasteiger partial charge on any atom is 0.0554 e. The maximum atomic E-state index is 3.96. The summed E-state index contributed by atoms with van der Waals surface area (Å²) >= 11 is 0. The summed E-state index contributed by atoms with van der Waals surface area (Å²) < 4.78 is 0. The number of fused-ring (bicyclic) bond motifs is 3. The van der Waals surface area contributed by atoms with Gasteiger partial charge in [-0.3, -0.25) is 0 Å². The Morgan fingerprint density at radius 2 is 1.36 bits per heavy atom. The maximum absolute atomic E-state index is 3.96. The first kappa shape index (κ1) is 30.1. The van der Waals surface area contributed by atoms with Gasteiger partial charge in [-0.05, 0) is 86.6 Å². The van der Waals surface area contributed by atoms with Gasteiger partial charge in [-0.2, -0.15) is 0 Å². The van der Waals surface area contributed by atoms with E-state index in [0.717, 1.165) is 25.7 Å². The average molecular weight is 577 g/mol. The Kier molecular flexibility index (Phi) is 7.91. The highest BCUT2D eigenvalue weighted by molar-refractivity contribution is 5.81. The van der Waals surface area contributed by atoms with Gasteiger partial charge >= 0.3 is 0 Å². The normalized spacial score (nSPS) is 16.0. The van der Waals surface area contributed by atoms with Crippen molar-refractivity contribution in [3.05, 3.63) is 166 Å². The summed E-state index contributed by atoms with van der Waals surface area (Å²) in [7, 11) is 0. The van der Waals surface area contributed by atoms with Crippen molar-refractivity contribution in [2.24, 2.45) is 5.92 Å². The first-order chi connectivity index (χ1) is 21.0. The van der Waals surface area contributed by atoms with Gasteiger partial charge in [0.2, 0.25) is 0 Å². The molecule has 0 spiro atoms. The number of unbranched alkanes of at least 4 members (excludes halogenated alkanes) is 1. The fourth-order valence-electron chi connectivity index (χ4n) is 7.68. The second-order valence-corrected chi connectivity index (χ2v) is 14.9. The predicted molar refractivity (Wildman–Crippen MR) is 190 cm³/mol. The van der Waals surface area contributed by atoms with Crippen molar-refractivity contribution < 1.29 is 0 Å². The largest absolute Gasteiger partial charge is 0.103 e. The second-order valence-electron chi connectivity index (χ2n) is 14.9. The fourth-order valence-corrected chi connectivity index (χ4v) is 7.68. The van der Waals surface area contributed by atoms with Crippen LogP contribution in [0.3, 0.4) is 0 Å². The van der Waals surface area contributed by atoms with E-state index < -0.39 is 0 Å². The molecule has 0 saturated carbocycles. The molecule has 0 saturated heterocycles. The van der Waals surface area contributed by atoms with E-state index in [1.54, 1.807) is 0 Å². The van der Waals surface area contributed by atoms with E-state index in [4.69, 9.17) is 0 Å². The first-order valence-electron chi connectivity index (χ1n) is 16.5. The highest BCUT2D eigenvalue weighted by Gasteiger charge is 2.47. The molecule has 0 amide bonds. The summed E-state index contributed by atoms with van der Waals surface area (Å²) in [5, 5.41) is 0. The van der Waals surface area contributed by atoms with Gasteiger partial charge < -0.3 is 0 Å². The van der Waals surface area contributed by atoms with Crippen LogP contribution in [0, 0.1) is 5.92 Å². The van der Waals surface area contributed by atoms with Gasteiger partial charge in [0, 0.05) is 5.92 Å². The number of allylic oxidation sites excluding steroid dienone is 5. The molecular formula is C44H48. The lowest BCUT2D eigenvalue weighted by molar-refractivity contribution is 0.494. The minimum Gasteiger partial charge on any atom is -0.103 e. The van der Waals surface area contributed by atoms with Crippen molar-refractivity contribution in [2.75, 3.05) is 0 Å². The molecule has 0 N–H and O–H groups in total. The molecule has 44 heavy (non-hydrogen) atoms. The Labute approximate surface area is 266 Å². The van der Waals surface area contributed by atoms with E-state index in [2.05, 4.69) is 157 Å². The lowest BCUT2D eigenvalue weighted by atomic mass is 9.58. The van der Waals surface area contributed by atoms with Crippen LogP contribution in [0.1, 0.15) is 99.7 Å². The van der Waals surface area contributed by atoms with Gasteiger partial charge in [0.25, 0.3) is 0 Å². The van der Waals surface area contributed by atoms with E-state index in [1.807, 2.05) is 6.08 Å². The molecule has 4 aromatic carbocycles. The standard InChI is InChI=1S/C44H48/c1-8-9-12-17-31-22-23-36(28-31)44(33-18-13-10-14-19-33,34-20-15-11-16-21-34)41-39-30-32-29-35(42(2,3)4)24-25-37(32)38(39)26-27-40(41)43(5,6)7/h8,10-11,13-16,18-29,36H,1,9,12,17,30H2,2-7H3. The molecule has 0 aromatic heterocycles. The van der Waals surface area contributed by atoms with E-state index in [9.17, 15) is 0 Å². The molecule has 6 rings (SSSR count). The molecule has 1 atom stereocenters. The van der Waals surface area contributed by atoms with E-state index in [-0.39, 0.29) is 22.2 Å². The Hall–Kier alpha value is -3.90. The molecule has 0 radical (unpaired) electrons. The van der Waals surface area contributed by atoms with Crippen LogP contribution in [0.15, 0.2) is 127 Å². The zero-order valence-corrected chi connectivity index (χ0v) is 27.6. The van der Waals surface area contributed by atoms with Crippen molar-refractivity contribution in [2.45, 2.75) is 83.5 Å². The van der Waals surface area contributed by atoms with Crippen LogP contribution in [0.5, 0.6) is 0 Å². The fraction of sp³-hybridized carbons (Fsp3) is 0.318. The topological polar surface area (TPSA) is 0 Å². The SMILES string of the molecule is C=CCCCC1=CC(C(c2ccccc2)(c2ccccc2)c2c(C(C)(C)C)ccc3c2Cc2cc(C(C)(C)C)ccc2-3)C=C1. The molecule has 1 unspecified atom stereocenters. The van der Waals surface area contributed by atoms with Gasteiger partial charge in [-0.1, -0.05) is 162 Å². The van der Waals surface area contributed by atoms with Crippen molar-refractivity contribution in [3.63, 3.8) is 0 Å². The van der Waals surface area contributed by atoms with Crippen molar-refractivity contribution >= 4 is 0 Å². The average Bonchev–Trinajstić information content (AvgIpc) is 3.63. The second kappa shape index (κ2) is 11.6. The minimum atomic E-state index is -0.387. The van der Waals surface area contributed by atoms with Crippen LogP contribution in [-0.2, 0) is 22.7 Å². The highest BCUT2D eigenvalue weighted by atomic mass is 14.5. The zero-order valence-electron chi connectivity index (χ0n) is 27.6. The predicted octanol–water partition coefficient (Wildman–Crippen LogP) is 11.7. The Morgan fingerprint density at radius 3 is 1.95 bits per heavy atom. The van der Waals surface area contributed by atoms with E-state index >= 15 is 0 Å². The molecule has 4 aromatic rings. The Balaban J connectivity index is 1.69. The molecule has 2 aliphatic rings. The minimum absolute atomic E-state index is 0.0384. The van der Waals surface area contributed by atoms with Gasteiger partial charge in [-0.25, -0.2) is 0 Å². The van der Waals surface area contributed by atoms with E-state index in [0.29, 0.717) is 0 Å². The monoisotopic (exact) mass is 576 g/mol. The molecule has 0 heterocycles. The highest BCUT2D eigenvalue weighted by Crippen LogP contribution is 2.55. The third-order valence-electron chi connectivity index (χ3n) is 9.89. The summed E-state index contributed by atoms with van der Waals surface area (Å²) in [5.41, 5.74) is 13.9. The van der Waals surface area contributed by atoms with Crippen LogP contribution in [0.2, 0.25) is 0 Å². The van der Waals surface area contributed by atoms with E-state index in [1.165, 1.54) is 55.6 Å². The van der Waals surface area contributed by atoms with Gasteiger partial charge in [0.05, 0.1) is 5.41 Å². The summed E-state index contributed by atoms with van der Waals surface area (Å²) in [5.74, 6) is 0.187. The molecule has 0 nitrogen and oxygen atoms in total. The molecule has 2 aliphatic carbocycles. The third-order valence-corrected chi connectivity index (χ3v) is 9.89. The van der Waals surface area contributed by atoms with Crippen LogP contribution in [-0.4, -0.2) is 0 Å². The smallest absolute Gasteiger partial charge is 0.0554 e. The summed E-state index contributed by atoms with van der Waals surface area (Å²) in [6, 6.07) is 34.8. The first-order valence-corrected chi connectivity index (χ1v) is 16.5. The molecule has 0 heteroatoms. The molecule has 0 fully saturated rings. The molecule has 0 aliphatic heterocycles. The third kappa shape index (κ3) is 5.23. The number of benzene rings is 4.